The van der Waals surface area contributed by atoms with Crippen LogP contribution in [-0.2, 0) is 12.4 Å². The normalized spacial score (nSPS) is 10.8. The van der Waals surface area contributed by atoms with Crippen LogP contribution < -0.4 is 19.9 Å². The zero-order valence-electron chi connectivity index (χ0n) is 18.6. The van der Waals surface area contributed by atoms with Gasteiger partial charge in [-0.2, -0.15) is 47.4 Å². The van der Waals surface area contributed by atoms with E-state index in [-0.39, 0.29) is 33.4 Å². The van der Waals surface area contributed by atoms with Crippen molar-refractivity contribution < 1.29 is 35.8 Å². The molecule has 0 aliphatic heterocycles. The van der Waals surface area contributed by atoms with E-state index in [1.54, 1.807) is 24.3 Å². The smallest absolute Gasteiger partial charge is 0.416 e. The van der Waals surface area contributed by atoms with Crippen LogP contribution in [0.1, 0.15) is 11.1 Å². The van der Waals surface area contributed by atoms with Gasteiger partial charge in [0.2, 0.25) is 0 Å². The molecule has 0 radical (unpaired) electrons. The first-order valence-electron chi connectivity index (χ1n) is 10.1. The summed E-state index contributed by atoms with van der Waals surface area (Å²) in [6.07, 6.45) is -9.22. The molecule has 3 rings (SSSR count). The average Bonchev–Trinajstić information content (AvgIpc) is 2.87. The second kappa shape index (κ2) is 10.7. The SMILES string of the molecule is N#CC(C#N)=c1cc(Oc2ccc(C(F)(F)F)cc2)c(=C(C#N)C#N)cc1Oc1ccc(C(F)(F)F)cc1. The van der Waals surface area contributed by atoms with Gasteiger partial charge in [0.25, 0.3) is 0 Å². The van der Waals surface area contributed by atoms with E-state index in [1.165, 1.54) is 0 Å². The van der Waals surface area contributed by atoms with E-state index >= 15 is 0 Å². The minimum Gasteiger partial charge on any atom is -0.457 e. The topological polar surface area (TPSA) is 114 Å². The van der Waals surface area contributed by atoms with E-state index in [4.69, 9.17) is 9.47 Å². The summed E-state index contributed by atoms with van der Waals surface area (Å²) in [5.41, 5.74) is -2.97. The summed E-state index contributed by atoms with van der Waals surface area (Å²) in [5.74, 6) is -0.819. The molecule has 0 unspecified atom stereocenters. The highest BCUT2D eigenvalue weighted by atomic mass is 19.4. The molecule has 0 heterocycles. The Balaban J connectivity index is 2.23. The summed E-state index contributed by atoms with van der Waals surface area (Å²) < 4.78 is 88.5. The molecule has 0 aliphatic carbocycles. The molecular weight excluding hydrogens is 514 g/mol. The maximum absolute atomic E-state index is 12.9. The minimum absolute atomic E-state index is 0.132. The molecule has 38 heavy (non-hydrogen) atoms. The van der Waals surface area contributed by atoms with Crippen molar-refractivity contribution in [1.82, 2.24) is 0 Å². The number of hydrogen-bond donors (Lipinski definition) is 0. The van der Waals surface area contributed by atoms with Crippen LogP contribution in [0.2, 0.25) is 0 Å². The lowest BCUT2D eigenvalue weighted by Crippen LogP contribution is -2.18. The number of hydrogen-bond acceptors (Lipinski definition) is 6. The number of benzene rings is 3. The summed E-state index contributed by atoms with van der Waals surface area (Å²) in [6, 6.07) is 15.5. The maximum Gasteiger partial charge on any atom is 0.416 e. The molecule has 0 saturated carbocycles. The molecule has 0 aliphatic rings. The molecule has 12 heteroatoms. The van der Waals surface area contributed by atoms with Crippen molar-refractivity contribution in [3.05, 3.63) is 82.2 Å². The first kappa shape index (κ1) is 27.1. The largest absolute Gasteiger partial charge is 0.457 e. The third-order valence-corrected chi connectivity index (χ3v) is 4.89. The second-order valence-corrected chi connectivity index (χ2v) is 7.29. The molecule has 0 fully saturated rings. The van der Waals surface area contributed by atoms with Gasteiger partial charge in [0, 0.05) is 10.4 Å². The molecule has 0 bridgehead atoms. The van der Waals surface area contributed by atoms with Crippen molar-refractivity contribution in [2.75, 3.05) is 0 Å². The standard InChI is InChI=1S/C26H10F6N4O2/c27-25(28,29)17-1-5-19(6-2-17)37-23-9-22(16(13-35)14-36)24(10-21(23)15(11-33)12-34)38-20-7-3-18(4-8-20)26(30,31)32/h1-10H. The third kappa shape index (κ3) is 6.02. The Morgan fingerprint density at radius 2 is 0.816 bits per heavy atom. The molecule has 6 nitrogen and oxygen atoms in total. The van der Waals surface area contributed by atoms with E-state index in [0.29, 0.717) is 0 Å². The first-order valence-corrected chi connectivity index (χ1v) is 10.1. The van der Waals surface area contributed by atoms with E-state index in [9.17, 15) is 47.4 Å². The van der Waals surface area contributed by atoms with Crippen LogP contribution in [0.25, 0.3) is 11.1 Å². The molecule has 0 spiro atoms. The van der Waals surface area contributed by atoms with E-state index in [2.05, 4.69) is 0 Å². The number of nitrogens with zero attached hydrogens (tertiary/aromatic N) is 4. The van der Waals surface area contributed by atoms with Crippen molar-refractivity contribution in [1.29, 1.82) is 21.0 Å². The number of halogens is 6. The number of rotatable bonds is 4. The monoisotopic (exact) mass is 524 g/mol. The molecule has 0 saturated heterocycles. The molecule has 188 valence electrons. The van der Waals surface area contributed by atoms with Crippen LogP contribution in [0, 0.1) is 45.3 Å². The summed E-state index contributed by atoms with van der Waals surface area (Å²) in [5, 5.41) is 37.2. The Labute approximate surface area is 210 Å². The lowest BCUT2D eigenvalue weighted by Gasteiger charge is -2.13. The zero-order valence-corrected chi connectivity index (χ0v) is 18.6. The predicted molar refractivity (Wildman–Crippen MR) is 118 cm³/mol. The highest BCUT2D eigenvalue weighted by molar-refractivity contribution is 5.77. The summed E-state index contributed by atoms with van der Waals surface area (Å²) in [4.78, 5) is 0. The van der Waals surface area contributed by atoms with Crippen LogP contribution in [0.15, 0.2) is 60.7 Å². The molecule has 3 aromatic carbocycles. The van der Waals surface area contributed by atoms with E-state index < -0.39 is 34.6 Å². The second-order valence-electron chi connectivity index (χ2n) is 7.29. The zero-order chi connectivity index (χ0) is 28.1. The maximum atomic E-state index is 12.9. The summed E-state index contributed by atoms with van der Waals surface area (Å²) in [7, 11) is 0. The van der Waals surface area contributed by atoms with Gasteiger partial charge in [-0.1, -0.05) is 0 Å². The quantitative estimate of drug-likeness (QED) is 0.405. The Morgan fingerprint density at radius 1 is 0.526 bits per heavy atom. The van der Waals surface area contributed by atoms with Crippen molar-refractivity contribution >= 4 is 11.1 Å². The number of ether oxygens (including phenoxy) is 2. The average molecular weight is 524 g/mol. The molecule has 0 atom stereocenters. The summed E-state index contributed by atoms with van der Waals surface area (Å²) >= 11 is 0. The van der Waals surface area contributed by atoms with Gasteiger partial charge in [0.15, 0.2) is 0 Å². The Kier molecular flexibility index (Phi) is 7.61. The highest BCUT2D eigenvalue weighted by Gasteiger charge is 2.31. The van der Waals surface area contributed by atoms with Gasteiger partial charge in [-0.25, -0.2) is 0 Å². The van der Waals surface area contributed by atoms with Crippen molar-refractivity contribution in [2.45, 2.75) is 12.4 Å². The van der Waals surface area contributed by atoms with Gasteiger partial charge in [-0.3, -0.25) is 0 Å². The lowest BCUT2D eigenvalue weighted by atomic mass is 10.1. The first-order chi connectivity index (χ1) is 17.9. The van der Waals surface area contributed by atoms with E-state index in [1.807, 2.05) is 0 Å². The van der Waals surface area contributed by atoms with Crippen molar-refractivity contribution in [2.24, 2.45) is 0 Å². The van der Waals surface area contributed by atoms with Crippen LogP contribution in [0.3, 0.4) is 0 Å². The van der Waals surface area contributed by atoms with Gasteiger partial charge in [-0.05, 0) is 60.7 Å². The van der Waals surface area contributed by atoms with Gasteiger partial charge in [-0.15, -0.1) is 0 Å². The molecule has 3 aromatic rings. The van der Waals surface area contributed by atoms with Crippen LogP contribution in [0.4, 0.5) is 26.3 Å². The molecular formula is C26H10F6N4O2. The van der Waals surface area contributed by atoms with Gasteiger partial charge in [0.05, 0.1) is 11.1 Å². The minimum atomic E-state index is -4.61. The van der Waals surface area contributed by atoms with Gasteiger partial charge >= 0.3 is 12.4 Å². The Morgan fingerprint density at radius 3 is 1.05 bits per heavy atom. The predicted octanol–water partition coefficient (Wildman–Crippen LogP) is 5.70. The lowest BCUT2D eigenvalue weighted by molar-refractivity contribution is -0.138. The van der Waals surface area contributed by atoms with Crippen molar-refractivity contribution in [3.63, 3.8) is 0 Å². The Bertz CT molecular complexity index is 1500. The van der Waals surface area contributed by atoms with Gasteiger partial charge < -0.3 is 9.47 Å². The van der Waals surface area contributed by atoms with Crippen LogP contribution in [0.5, 0.6) is 23.0 Å². The third-order valence-electron chi connectivity index (χ3n) is 4.89. The summed E-state index contributed by atoms with van der Waals surface area (Å²) in [6.45, 7) is 0. The highest BCUT2D eigenvalue weighted by Crippen LogP contribution is 2.32. The molecule has 0 aromatic heterocycles. The fourth-order valence-corrected chi connectivity index (χ4v) is 3.09. The van der Waals surface area contributed by atoms with Crippen molar-refractivity contribution in [3.8, 4) is 47.3 Å². The fourth-order valence-electron chi connectivity index (χ4n) is 3.09. The fraction of sp³-hybridized carbons (Fsp3) is 0.0769. The molecule has 0 amide bonds. The Hall–Kier alpha value is -5.46. The van der Waals surface area contributed by atoms with Crippen LogP contribution >= 0.6 is 0 Å². The van der Waals surface area contributed by atoms with E-state index in [0.717, 1.165) is 60.7 Å². The number of alkyl halides is 6. The molecule has 0 N–H and O–H groups in total. The van der Waals surface area contributed by atoms with Crippen LogP contribution in [-0.4, -0.2) is 0 Å². The number of nitriles is 4. The van der Waals surface area contributed by atoms with Gasteiger partial charge in [0.1, 0.15) is 58.4 Å².